The van der Waals surface area contributed by atoms with Crippen molar-refractivity contribution in [1.82, 2.24) is 10.2 Å². The molecule has 0 fully saturated rings. The van der Waals surface area contributed by atoms with Gasteiger partial charge in [0.15, 0.2) is 5.96 Å². The fourth-order valence-corrected chi connectivity index (χ4v) is 2.80. The third-order valence-electron chi connectivity index (χ3n) is 3.30. The number of nitrogens with one attached hydrogen (secondary N) is 1. The van der Waals surface area contributed by atoms with Crippen molar-refractivity contribution in [3.05, 3.63) is 22.4 Å². The van der Waals surface area contributed by atoms with Crippen LogP contribution < -0.4 is 11.1 Å². The third-order valence-corrected chi connectivity index (χ3v) is 4.24. The number of nitrogens with two attached hydrogens (primary N) is 1. The fourth-order valence-electron chi connectivity index (χ4n) is 2.09. The maximum atomic E-state index is 5.85. The lowest BCUT2D eigenvalue weighted by Crippen LogP contribution is -2.33. The molecule has 6 heteroatoms. The van der Waals surface area contributed by atoms with Gasteiger partial charge in [-0.15, -0.1) is 35.3 Å². The lowest BCUT2D eigenvalue weighted by molar-refractivity contribution is 0.390. The number of guanidine groups is 1. The highest BCUT2D eigenvalue weighted by Crippen LogP contribution is 2.08. The van der Waals surface area contributed by atoms with Crippen LogP contribution in [0.5, 0.6) is 0 Å². The lowest BCUT2D eigenvalue weighted by atomic mass is 10.1. The average molecular weight is 438 g/mol. The number of thiophene rings is 1. The van der Waals surface area contributed by atoms with Gasteiger partial charge >= 0.3 is 0 Å². The normalized spacial score (nSPS) is 11.5. The van der Waals surface area contributed by atoms with Gasteiger partial charge in [-0.25, -0.2) is 0 Å². The van der Waals surface area contributed by atoms with Crippen LogP contribution in [0.2, 0.25) is 0 Å². The molecule has 1 aromatic rings. The molecule has 3 N–H and O–H groups in total. The van der Waals surface area contributed by atoms with E-state index in [-0.39, 0.29) is 24.0 Å². The van der Waals surface area contributed by atoms with Gasteiger partial charge < -0.3 is 16.0 Å². The summed E-state index contributed by atoms with van der Waals surface area (Å²) in [5.74, 6) is 0.583. The average Bonchev–Trinajstić information content (AvgIpc) is 2.94. The maximum Gasteiger partial charge on any atom is 0.188 e. The number of aliphatic imine (C=N–C) groups is 1. The quantitative estimate of drug-likeness (QED) is 0.241. The highest BCUT2D eigenvalue weighted by molar-refractivity contribution is 14.0. The SMILES string of the molecule is CN(C)CCCCCCCN=C(N)NCCc1cccs1.I. The summed E-state index contributed by atoms with van der Waals surface area (Å²) in [4.78, 5) is 7.99. The molecule has 22 heavy (non-hydrogen) atoms. The van der Waals surface area contributed by atoms with Gasteiger partial charge in [0.2, 0.25) is 0 Å². The second-order valence-electron chi connectivity index (χ2n) is 5.59. The number of unbranched alkanes of at least 4 members (excludes halogenated alkanes) is 4. The van der Waals surface area contributed by atoms with Crippen LogP contribution in [-0.2, 0) is 6.42 Å². The molecule has 0 aliphatic heterocycles. The van der Waals surface area contributed by atoms with E-state index in [4.69, 9.17) is 5.73 Å². The van der Waals surface area contributed by atoms with Gasteiger partial charge in [0.25, 0.3) is 0 Å². The van der Waals surface area contributed by atoms with E-state index in [2.05, 4.69) is 46.8 Å². The number of halogens is 1. The molecule has 0 atom stereocenters. The standard InChI is InChI=1S/C16H30N4S.HI/c1-20(2)13-7-5-3-4-6-11-18-16(17)19-12-10-15-9-8-14-21-15;/h8-9,14H,3-7,10-13H2,1-2H3,(H3,17,18,19);1H. The first-order chi connectivity index (χ1) is 10.2. The summed E-state index contributed by atoms with van der Waals surface area (Å²) >= 11 is 1.78. The second-order valence-corrected chi connectivity index (χ2v) is 6.63. The van der Waals surface area contributed by atoms with Gasteiger partial charge in [0, 0.05) is 18.0 Å². The Bertz CT molecular complexity index is 380. The number of nitrogens with zero attached hydrogens (tertiary/aromatic N) is 2. The first-order valence-corrected chi connectivity index (χ1v) is 8.77. The van der Waals surface area contributed by atoms with Gasteiger partial charge in [-0.1, -0.05) is 25.3 Å². The van der Waals surface area contributed by atoms with Gasteiger partial charge in [-0.3, -0.25) is 4.99 Å². The minimum Gasteiger partial charge on any atom is -0.370 e. The van der Waals surface area contributed by atoms with Crippen LogP contribution in [-0.4, -0.2) is 44.6 Å². The van der Waals surface area contributed by atoms with E-state index < -0.39 is 0 Å². The van der Waals surface area contributed by atoms with E-state index in [1.807, 2.05) is 0 Å². The van der Waals surface area contributed by atoms with E-state index in [0.29, 0.717) is 5.96 Å². The summed E-state index contributed by atoms with van der Waals surface area (Å²) < 4.78 is 0. The van der Waals surface area contributed by atoms with Gasteiger partial charge in [0.1, 0.15) is 0 Å². The zero-order valence-corrected chi connectivity index (χ0v) is 17.0. The molecule has 0 aromatic carbocycles. The van der Waals surface area contributed by atoms with Crippen molar-refractivity contribution < 1.29 is 0 Å². The van der Waals surface area contributed by atoms with Crippen molar-refractivity contribution in [1.29, 1.82) is 0 Å². The van der Waals surface area contributed by atoms with Crippen molar-refractivity contribution in [3.63, 3.8) is 0 Å². The topological polar surface area (TPSA) is 53.6 Å². The largest absolute Gasteiger partial charge is 0.370 e. The van der Waals surface area contributed by atoms with Crippen LogP contribution in [0.3, 0.4) is 0 Å². The van der Waals surface area contributed by atoms with Crippen molar-refractivity contribution in [2.24, 2.45) is 10.7 Å². The molecule has 0 aliphatic carbocycles. The highest BCUT2D eigenvalue weighted by atomic mass is 127. The zero-order chi connectivity index (χ0) is 15.3. The van der Waals surface area contributed by atoms with E-state index in [1.165, 1.54) is 37.1 Å². The smallest absolute Gasteiger partial charge is 0.188 e. The van der Waals surface area contributed by atoms with E-state index in [0.717, 1.165) is 25.9 Å². The van der Waals surface area contributed by atoms with Crippen LogP contribution in [0.25, 0.3) is 0 Å². The molecule has 1 heterocycles. The predicted octanol–water partition coefficient (Wildman–Crippen LogP) is 3.33. The van der Waals surface area contributed by atoms with Crippen LogP contribution in [0.1, 0.15) is 37.0 Å². The predicted molar refractivity (Wildman–Crippen MR) is 110 cm³/mol. The molecular formula is C16H31IN4S. The molecule has 0 unspecified atom stereocenters. The minimum absolute atomic E-state index is 0. The van der Waals surface area contributed by atoms with E-state index in [1.54, 1.807) is 11.3 Å². The Balaban J connectivity index is 0.00000441. The number of hydrogen-bond donors (Lipinski definition) is 2. The lowest BCUT2D eigenvalue weighted by Gasteiger charge is -2.08. The van der Waals surface area contributed by atoms with Crippen LogP contribution in [0.15, 0.2) is 22.5 Å². The number of rotatable bonds is 11. The summed E-state index contributed by atoms with van der Waals surface area (Å²) in [6, 6.07) is 4.23. The van der Waals surface area contributed by atoms with E-state index in [9.17, 15) is 0 Å². The van der Waals surface area contributed by atoms with Gasteiger partial charge in [-0.2, -0.15) is 0 Å². The van der Waals surface area contributed by atoms with Gasteiger partial charge in [-0.05, 0) is 51.3 Å². The van der Waals surface area contributed by atoms with Crippen LogP contribution >= 0.6 is 35.3 Å². The molecule has 0 aliphatic rings. The molecular weight excluding hydrogens is 407 g/mol. The maximum absolute atomic E-state index is 5.85. The highest BCUT2D eigenvalue weighted by Gasteiger charge is 1.96. The minimum atomic E-state index is 0. The summed E-state index contributed by atoms with van der Waals surface area (Å²) in [5.41, 5.74) is 5.85. The monoisotopic (exact) mass is 438 g/mol. The Hall–Kier alpha value is -0.340. The molecule has 0 bridgehead atoms. The van der Waals surface area contributed by atoms with Crippen LogP contribution in [0, 0.1) is 0 Å². The molecule has 1 rings (SSSR count). The molecule has 0 saturated heterocycles. The first-order valence-electron chi connectivity index (χ1n) is 7.89. The summed E-state index contributed by atoms with van der Waals surface area (Å²) in [7, 11) is 4.26. The number of hydrogen-bond acceptors (Lipinski definition) is 3. The van der Waals surface area contributed by atoms with Crippen molar-refractivity contribution >= 4 is 41.3 Å². The summed E-state index contributed by atoms with van der Waals surface area (Å²) in [6.07, 6.45) is 7.31. The molecule has 128 valence electrons. The Morgan fingerprint density at radius 2 is 1.95 bits per heavy atom. The second kappa shape index (κ2) is 14.3. The molecule has 0 saturated carbocycles. The Kier molecular flexibility index (Phi) is 14.0. The summed E-state index contributed by atoms with van der Waals surface area (Å²) in [6.45, 7) is 2.89. The fraction of sp³-hybridized carbons (Fsp3) is 0.688. The Morgan fingerprint density at radius 3 is 2.64 bits per heavy atom. The van der Waals surface area contributed by atoms with E-state index >= 15 is 0 Å². The molecule has 0 amide bonds. The zero-order valence-electron chi connectivity index (χ0n) is 13.9. The van der Waals surface area contributed by atoms with Crippen molar-refractivity contribution in [3.8, 4) is 0 Å². The van der Waals surface area contributed by atoms with Gasteiger partial charge in [0.05, 0.1) is 0 Å². The Morgan fingerprint density at radius 1 is 1.23 bits per heavy atom. The molecule has 0 spiro atoms. The molecule has 0 radical (unpaired) electrons. The molecule has 4 nitrogen and oxygen atoms in total. The Labute approximate surface area is 156 Å². The van der Waals surface area contributed by atoms with Crippen molar-refractivity contribution in [2.75, 3.05) is 33.7 Å². The third kappa shape index (κ3) is 12.2. The van der Waals surface area contributed by atoms with Crippen molar-refractivity contribution in [2.45, 2.75) is 38.5 Å². The molecule has 1 aromatic heterocycles. The van der Waals surface area contributed by atoms with Crippen LogP contribution in [0.4, 0.5) is 0 Å². The summed E-state index contributed by atoms with van der Waals surface area (Å²) in [5, 5.41) is 5.28. The first kappa shape index (κ1) is 21.7.